The van der Waals surface area contributed by atoms with Crippen molar-refractivity contribution in [2.24, 2.45) is 34.4 Å². The maximum Gasteiger partial charge on any atom is 0.268 e. The third kappa shape index (κ3) is 2.76. The van der Waals surface area contributed by atoms with Gasteiger partial charge in [-0.15, -0.1) is 11.3 Å². The molecule has 5 nitrogen and oxygen atoms in total. The van der Waals surface area contributed by atoms with Crippen LogP contribution in [0.25, 0.3) is 0 Å². The molecule has 1 aromatic heterocycles. The molecular formula is C24H35N3O2S. The molecule has 5 rings (SSSR count). The zero-order valence-corrected chi connectivity index (χ0v) is 18.9. The highest BCUT2D eigenvalue weighted by atomic mass is 32.1. The zero-order valence-electron chi connectivity index (χ0n) is 18.1. The lowest BCUT2D eigenvalue weighted by molar-refractivity contribution is -0.0409. The summed E-state index contributed by atoms with van der Waals surface area (Å²) in [5.41, 5.74) is 12.2. The van der Waals surface area contributed by atoms with Crippen molar-refractivity contribution in [3.05, 3.63) is 28.2 Å². The van der Waals surface area contributed by atoms with Crippen LogP contribution in [0.3, 0.4) is 0 Å². The third-order valence-electron chi connectivity index (χ3n) is 9.66. The number of fused-ring (bicyclic) bond motifs is 5. The minimum absolute atomic E-state index is 0.151. The number of hydrogen-bond donors (Lipinski definition) is 4. The lowest BCUT2D eigenvalue weighted by Crippen LogP contribution is -2.50. The first-order valence-electron chi connectivity index (χ1n) is 11.5. The topological polar surface area (TPSA) is 101 Å². The monoisotopic (exact) mass is 429 g/mol. The highest BCUT2D eigenvalue weighted by Gasteiger charge is 2.59. The van der Waals surface area contributed by atoms with E-state index in [0.29, 0.717) is 28.3 Å². The van der Waals surface area contributed by atoms with Gasteiger partial charge in [0, 0.05) is 0 Å². The van der Waals surface area contributed by atoms with Gasteiger partial charge in [0.05, 0.1) is 16.7 Å². The Morgan fingerprint density at radius 2 is 2.00 bits per heavy atom. The molecule has 1 amide bonds. The number of nitrogens with two attached hydrogens (primary N) is 2. The molecule has 1 heterocycles. The minimum Gasteiger partial charge on any atom is -0.393 e. The molecule has 30 heavy (non-hydrogen) atoms. The SMILES string of the molecule is C[C@]12CC[C@H]3[C@@H](CC=C4CC(O)CC[C@@]43C)[C@@H]1CC[C@@H]2c1csc(N)c1C(=O)NN. The first-order valence-corrected chi connectivity index (χ1v) is 12.4. The number of amides is 1. The van der Waals surface area contributed by atoms with Crippen LogP contribution in [0.4, 0.5) is 5.00 Å². The third-order valence-corrected chi connectivity index (χ3v) is 10.5. The highest BCUT2D eigenvalue weighted by Crippen LogP contribution is 2.68. The van der Waals surface area contributed by atoms with Crippen molar-refractivity contribution < 1.29 is 9.90 Å². The standard InChI is InChI=1S/C24H35N3O2S/c1-23-9-7-14(28)11-13(23)3-4-15-17-5-6-18(24(17,2)10-8-19(15)23)16-12-30-21(25)20(16)22(29)27-26/h3,12,14-15,17-19,28H,4-11,25-26H2,1-2H3,(H,27,29)/t14?,15-,17-,18+,19-,23-,24-/m0/s1. The molecule has 1 unspecified atom stereocenters. The number of aliphatic hydroxyl groups is 1. The van der Waals surface area contributed by atoms with Crippen LogP contribution in [0, 0.1) is 28.6 Å². The van der Waals surface area contributed by atoms with Crippen molar-refractivity contribution in [3.63, 3.8) is 0 Å². The average Bonchev–Trinajstić information content (AvgIpc) is 3.27. The molecule has 1 aromatic rings. The van der Waals surface area contributed by atoms with Crippen LogP contribution in [0.15, 0.2) is 17.0 Å². The van der Waals surface area contributed by atoms with Gasteiger partial charge in [-0.1, -0.05) is 25.5 Å². The summed E-state index contributed by atoms with van der Waals surface area (Å²) in [5.74, 6) is 7.68. The predicted octanol–water partition coefficient (Wildman–Crippen LogP) is 4.34. The number of thiophene rings is 1. The van der Waals surface area contributed by atoms with Crippen LogP contribution in [0.1, 0.15) is 87.1 Å². The molecule has 0 saturated heterocycles. The number of nitrogens with one attached hydrogen (secondary N) is 1. The number of allylic oxidation sites excluding steroid dienone is 1. The smallest absolute Gasteiger partial charge is 0.268 e. The van der Waals surface area contributed by atoms with Gasteiger partial charge in [0.15, 0.2) is 0 Å². The van der Waals surface area contributed by atoms with E-state index in [0.717, 1.165) is 43.6 Å². The van der Waals surface area contributed by atoms with Gasteiger partial charge < -0.3 is 10.8 Å². The Hall–Kier alpha value is -1.37. The number of hydrazine groups is 1. The maximum atomic E-state index is 12.5. The lowest BCUT2D eigenvalue weighted by Gasteiger charge is -2.58. The molecule has 164 valence electrons. The minimum atomic E-state index is -0.261. The first kappa shape index (κ1) is 20.5. The van der Waals surface area contributed by atoms with Crippen molar-refractivity contribution in [2.75, 3.05) is 5.73 Å². The van der Waals surface area contributed by atoms with Gasteiger partial charge in [-0.3, -0.25) is 10.2 Å². The Balaban J connectivity index is 1.48. The number of hydrogen-bond acceptors (Lipinski definition) is 5. The van der Waals surface area contributed by atoms with E-state index < -0.39 is 0 Å². The van der Waals surface area contributed by atoms with E-state index in [1.165, 1.54) is 36.2 Å². The average molecular weight is 430 g/mol. The molecule has 7 atom stereocenters. The number of carbonyl (C=O) groups excluding carboxylic acids is 1. The highest BCUT2D eigenvalue weighted by molar-refractivity contribution is 7.14. The molecule has 0 aliphatic heterocycles. The normalized spacial score (nSPS) is 42.7. The summed E-state index contributed by atoms with van der Waals surface area (Å²) in [4.78, 5) is 12.5. The van der Waals surface area contributed by atoms with Crippen LogP contribution in [-0.4, -0.2) is 17.1 Å². The molecule has 4 aliphatic carbocycles. The number of nitrogen functional groups attached to an aromatic ring is 2. The summed E-state index contributed by atoms with van der Waals surface area (Å²) in [6, 6.07) is 0. The van der Waals surface area contributed by atoms with Gasteiger partial charge in [0.1, 0.15) is 0 Å². The molecule has 3 saturated carbocycles. The molecule has 6 heteroatoms. The maximum absolute atomic E-state index is 12.5. The molecule has 0 radical (unpaired) electrons. The van der Waals surface area contributed by atoms with E-state index in [1.54, 1.807) is 0 Å². The summed E-state index contributed by atoms with van der Waals surface area (Å²) < 4.78 is 0. The van der Waals surface area contributed by atoms with Crippen LogP contribution in [0.2, 0.25) is 0 Å². The van der Waals surface area contributed by atoms with E-state index in [-0.39, 0.29) is 22.8 Å². The van der Waals surface area contributed by atoms with Crippen LogP contribution >= 0.6 is 11.3 Å². The zero-order chi connectivity index (χ0) is 21.3. The van der Waals surface area contributed by atoms with Crippen LogP contribution in [-0.2, 0) is 0 Å². The predicted molar refractivity (Wildman–Crippen MR) is 121 cm³/mol. The molecule has 0 spiro atoms. The molecule has 0 aromatic carbocycles. The largest absolute Gasteiger partial charge is 0.393 e. The van der Waals surface area contributed by atoms with Crippen LogP contribution < -0.4 is 17.0 Å². The summed E-state index contributed by atoms with van der Waals surface area (Å²) in [6.07, 6.45) is 11.2. The summed E-state index contributed by atoms with van der Waals surface area (Å²) >= 11 is 1.47. The van der Waals surface area contributed by atoms with Gasteiger partial charge >= 0.3 is 0 Å². The Kier molecular flexibility index (Phi) is 4.84. The molecule has 4 aliphatic rings. The summed E-state index contributed by atoms with van der Waals surface area (Å²) in [7, 11) is 0. The van der Waals surface area contributed by atoms with Crippen molar-refractivity contribution in [2.45, 2.75) is 77.2 Å². The fraction of sp³-hybridized carbons (Fsp3) is 0.708. The van der Waals surface area contributed by atoms with Crippen molar-refractivity contribution in [1.29, 1.82) is 0 Å². The van der Waals surface area contributed by atoms with Gasteiger partial charge in [0.2, 0.25) is 0 Å². The second-order valence-corrected chi connectivity index (χ2v) is 11.6. The van der Waals surface area contributed by atoms with Gasteiger partial charge in [-0.2, -0.15) is 0 Å². The Morgan fingerprint density at radius 1 is 1.20 bits per heavy atom. The van der Waals surface area contributed by atoms with E-state index in [4.69, 9.17) is 11.6 Å². The fourth-order valence-electron chi connectivity index (χ4n) is 8.11. The van der Waals surface area contributed by atoms with Gasteiger partial charge in [-0.25, -0.2) is 5.84 Å². The fourth-order valence-corrected chi connectivity index (χ4v) is 8.98. The Morgan fingerprint density at radius 3 is 2.77 bits per heavy atom. The van der Waals surface area contributed by atoms with Gasteiger partial charge in [-0.05, 0) is 96.8 Å². The first-order chi connectivity index (χ1) is 14.3. The molecule has 6 N–H and O–H groups in total. The van der Waals surface area contributed by atoms with Crippen LogP contribution in [0.5, 0.6) is 0 Å². The van der Waals surface area contributed by atoms with E-state index in [1.807, 2.05) is 0 Å². The number of aliphatic hydroxyl groups excluding tert-OH is 1. The second-order valence-electron chi connectivity index (χ2n) is 10.7. The van der Waals surface area contributed by atoms with Crippen molar-refractivity contribution in [3.8, 4) is 0 Å². The Labute approximate surface area is 183 Å². The Bertz CT molecular complexity index is 895. The summed E-state index contributed by atoms with van der Waals surface area (Å²) in [5, 5.41) is 12.9. The quantitative estimate of drug-likeness (QED) is 0.243. The van der Waals surface area contributed by atoms with E-state index >= 15 is 0 Å². The van der Waals surface area contributed by atoms with Gasteiger partial charge in [0.25, 0.3) is 5.91 Å². The lowest BCUT2D eigenvalue weighted by atomic mass is 9.47. The molecule has 0 bridgehead atoms. The molecule has 3 fully saturated rings. The van der Waals surface area contributed by atoms with E-state index in [9.17, 15) is 9.90 Å². The number of anilines is 1. The molecular weight excluding hydrogens is 394 g/mol. The van der Waals surface area contributed by atoms with Crippen molar-refractivity contribution >= 4 is 22.2 Å². The number of rotatable bonds is 2. The summed E-state index contributed by atoms with van der Waals surface area (Å²) in [6.45, 7) is 4.94. The second kappa shape index (κ2) is 7.07. The van der Waals surface area contributed by atoms with Crippen molar-refractivity contribution in [1.82, 2.24) is 5.43 Å². The van der Waals surface area contributed by atoms with E-state index in [2.05, 4.69) is 30.7 Å². The number of carbonyl (C=O) groups is 1.